The normalized spacial score (nSPS) is 10.7. The van der Waals surface area contributed by atoms with E-state index in [2.05, 4.69) is 15.5 Å². The fraction of sp³-hybridized carbons (Fsp3) is 0.333. The molecule has 0 aliphatic heterocycles. The van der Waals surface area contributed by atoms with Crippen LogP contribution in [-0.2, 0) is 0 Å². The van der Waals surface area contributed by atoms with E-state index in [0.717, 1.165) is 22.1 Å². The SMILES string of the molecule is CCOc1cc(C=NNc2nc(C)cs2)ccc1OCC=C(C)C. The Kier molecular flexibility index (Phi) is 6.81. The van der Waals surface area contributed by atoms with Crippen LogP contribution in [0, 0.1) is 6.92 Å². The smallest absolute Gasteiger partial charge is 0.203 e. The summed E-state index contributed by atoms with van der Waals surface area (Å²) in [7, 11) is 0. The zero-order chi connectivity index (χ0) is 17.4. The summed E-state index contributed by atoms with van der Waals surface area (Å²) in [5, 5.41) is 6.96. The number of nitrogens with zero attached hydrogens (tertiary/aromatic N) is 2. The van der Waals surface area contributed by atoms with Crippen LogP contribution in [-0.4, -0.2) is 24.4 Å². The van der Waals surface area contributed by atoms with E-state index in [4.69, 9.17) is 9.47 Å². The molecule has 0 amide bonds. The monoisotopic (exact) mass is 345 g/mol. The predicted octanol–water partition coefficient (Wildman–Crippen LogP) is 4.64. The van der Waals surface area contributed by atoms with Gasteiger partial charge in [0.25, 0.3) is 0 Å². The van der Waals surface area contributed by atoms with E-state index < -0.39 is 0 Å². The Morgan fingerprint density at radius 1 is 1.29 bits per heavy atom. The maximum Gasteiger partial charge on any atom is 0.203 e. The molecule has 0 aliphatic rings. The van der Waals surface area contributed by atoms with Crippen LogP contribution in [0.3, 0.4) is 0 Å². The minimum atomic E-state index is 0.529. The number of benzene rings is 1. The van der Waals surface area contributed by atoms with E-state index in [-0.39, 0.29) is 0 Å². The summed E-state index contributed by atoms with van der Waals surface area (Å²) in [4.78, 5) is 4.29. The first-order valence-corrected chi connectivity index (χ1v) is 8.70. The molecule has 128 valence electrons. The van der Waals surface area contributed by atoms with Crippen molar-refractivity contribution >= 4 is 22.7 Å². The maximum absolute atomic E-state index is 5.76. The molecule has 0 bridgehead atoms. The topological polar surface area (TPSA) is 55.7 Å². The number of aryl methyl sites for hydroxylation is 1. The van der Waals surface area contributed by atoms with Gasteiger partial charge in [0.2, 0.25) is 5.13 Å². The first-order valence-electron chi connectivity index (χ1n) is 7.82. The Labute approximate surface area is 147 Å². The number of allylic oxidation sites excluding steroid dienone is 1. The van der Waals surface area contributed by atoms with Crippen LogP contribution in [0.5, 0.6) is 11.5 Å². The van der Waals surface area contributed by atoms with Crippen molar-refractivity contribution in [1.82, 2.24) is 4.98 Å². The van der Waals surface area contributed by atoms with Crippen LogP contribution in [0.25, 0.3) is 0 Å². The van der Waals surface area contributed by atoms with Gasteiger partial charge in [-0.2, -0.15) is 5.10 Å². The molecule has 0 fully saturated rings. The zero-order valence-corrected chi connectivity index (χ0v) is 15.3. The number of thiazole rings is 1. The fourth-order valence-corrected chi connectivity index (χ4v) is 2.49. The molecule has 1 aromatic carbocycles. The van der Waals surface area contributed by atoms with Crippen LogP contribution in [0.1, 0.15) is 32.0 Å². The molecule has 0 saturated heterocycles. The lowest BCUT2D eigenvalue weighted by atomic mass is 10.2. The van der Waals surface area contributed by atoms with Gasteiger partial charge in [-0.3, -0.25) is 5.43 Å². The second-order valence-corrected chi connectivity index (χ2v) is 6.25. The molecule has 0 unspecified atom stereocenters. The molecule has 2 aromatic rings. The number of hydrogen-bond donors (Lipinski definition) is 1. The second-order valence-electron chi connectivity index (χ2n) is 5.40. The quantitative estimate of drug-likeness (QED) is 0.430. The fourth-order valence-electron chi connectivity index (χ4n) is 1.86. The van der Waals surface area contributed by atoms with Gasteiger partial charge in [0.1, 0.15) is 6.61 Å². The maximum atomic E-state index is 5.76. The van der Waals surface area contributed by atoms with Gasteiger partial charge in [-0.25, -0.2) is 4.98 Å². The van der Waals surface area contributed by atoms with Crippen molar-refractivity contribution in [3.63, 3.8) is 0 Å². The number of rotatable bonds is 8. The molecule has 0 atom stereocenters. The number of hydrazone groups is 1. The van der Waals surface area contributed by atoms with Crippen molar-refractivity contribution in [2.45, 2.75) is 27.7 Å². The molecule has 0 spiro atoms. The molecular weight excluding hydrogens is 322 g/mol. The number of nitrogens with one attached hydrogen (secondary N) is 1. The van der Waals surface area contributed by atoms with Crippen molar-refractivity contribution < 1.29 is 9.47 Å². The lowest BCUT2D eigenvalue weighted by molar-refractivity contribution is 0.296. The van der Waals surface area contributed by atoms with E-state index in [0.29, 0.717) is 19.0 Å². The second kappa shape index (κ2) is 9.08. The Balaban J connectivity index is 2.05. The van der Waals surface area contributed by atoms with E-state index in [1.54, 1.807) is 6.21 Å². The molecule has 2 rings (SSSR count). The van der Waals surface area contributed by atoms with E-state index in [1.165, 1.54) is 16.9 Å². The molecule has 1 heterocycles. The largest absolute Gasteiger partial charge is 0.490 e. The van der Waals surface area contributed by atoms with Crippen LogP contribution in [0.2, 0.25) is 0 Å². The first kappa shape index (κ1) is 18.0. The lowest BCUT2D eigenvalue weighted by Gasteiger charge is -2.11. The predicted molar refractivity (Wildman–Crippen MR) is 101 cm³/mol. The number of hydrogen-bond acceptors (Lipinski definition) is 6. The Morgan fingerprint density at radius 3 is 2.79 bits per heavy atom. The van der Waals surface area contributed by atoms with Crippen molar-refractivity contribution in [3.05, 3.63) is 46.5 Å². The summed E-state index contributed by atoms with van der Waals surface area (Å²) < 4.78 is 11.4. The summed E-state index contributed by atoms with van der Waals surface area (Å²) in [5.74, 6) is 1.45. The standard InChI is InChI=1S/C18H23N3O2S/c1-5-22-17-10-15(6-7-16(17)23-9-8-13(2)3)11-19-21-18-20-14(4)12-24-18/h6-8,10-12H,5,9H2,1-4H3,(H,20,21). The minimum absolute atomic E-state index is 0.529. The molecule has 24 heavy (non-hydrogen) atoms. The van der Waals surface area contributed by atoms with Gasteiger partial charge in [0, 0.05) is 5.38 Å². The highest BCUT2D eigenvalue weighted by Crippen LogP contribution is 2.28. The molecule has 1 aromatic heterocycles. The molecule has 5 nitrogen and oxygen atoms in total. The molecule has 0 aliphatic carbocycles. The summed E-state index contributed by atoms with van der Waals surface area (Å²) >= 11 is 1.52. The summed E-state index contributed by atoms with van der Waals surface area (Å²) in [6.07, 6.45) is 3.77. The minimum Gasteiger partial charge on any atom is -0.490 e. The highest BCUT2D eigenvalue weighted by atomic mass is 32.1. The van der Waals surface area contributed by atoms with Gasteiger partial charge < -0.3 is 9.47 Å². The summed E-state index contributed by atoms with van der Waals surface area (Å²) in [6.45, 7) is 9.10. The van der Waals surface area contributed by atoms with Crippen LogP contribution in [0.4, 0.5) is 5.13 Å². The Morgan fingerprint density at radius 2 is 2.12 bits per heavy atom. The lowest BCUT2D eigenvalue weighted by Crippen LogP contribution is -2.00. The number of anilines is 1. The van der Waals surface area contributed by atoms with Crippen LogP contribution in [0.15, 0.2) is 40.3 Å². The van der Waals surface area contributed by atoms with Gasteiger partial charge >= 0.3 is 0 Å². The van der Waals surface area contributed by atoms with Crippen LogP contribution >= 0.6 is 11.3 Å². The third-order valence-electron chi connectivity index (χ3n) is 2.99. The average Bonchev–Trinajstić information content (AvgIpc) is 2.95. The van der Waals surface area contributed by atoms with Gasteiger partial charge in [-0.15, -0.1) is 11.3 Å². The highest BCUT2D eigenvalue weighted by molar-refractivity contribution is 7.13. The van der Waals surface area contributed by atoms with Crippen molar-refractivity contribution in [1.29, 1.82) is 0 Å². The highest BCUT2D eigenvalue weighted by Gasteiger charge is 2.05. The summed E-state index contributed by atoms with van der Waals surface area (Å²) in [6, 6.07) is 5.76. The molecule has 1 N–H and O–H groups in total. The zero-order valence-electron chi connectivity index (χ0n) is 14.5. The number of aromatic nitrogens is 1. The van der Waals surface area contributed by atoms with Crippen molar-refractivity contribution in [3.8, 4) is 11.5 Å². The van der Waals surface area contributed by atoms with Crippen molar-refractivity contribution in [2.75, 3.05) is 18.6 Å². The van der Waals surface area contributed by atoms with Crippen LogP contribution < -0.4 is 14.9 Å². The van der Waals surface area contributed by atoms with Gasteiger partial charge in [0.05, 0.1) is 18.5 Å². The third kappa shape index (κ3) is 5.70. The molecule has 0 radical (unpaired) electrons. The first-order chi connectivity index (χ1) is 11.6. The number of ether oxygens (including phenoxy) is 2. The van der Waals surface area contributed by atoms with Gasteiger partial charge in [0.15, 0.2) is 11.5 Å². The Bertz CT molecular complexity index is 719. The Hall–Kier alpha value is -2.34. The summed E-state index contributed by atoms with van der Waals surface area (Å²) in [5.41, 5.74) is 6.05. The van der Waals surface area contributed by atoms with E-state index >= 15 is 0 Å². The molecule has 6 heteroatoms. The van der Waals surface area contributed by atoms with E-state index in [9.17, 15) is 0 Å². The van der Waals surface area contributed by atoms with Gasteiger partial charge in [-0.1, -0.05) is 5.57 Å². The molecular formula is C18H23N3O2S. The van der Waals surface area contributed by atoms with Gasteiger partial charge in [-0.05, 0) is 57.5 Å². The third-order valence-corrected chi connectivity index (χ3v) is 3.86. The van der Waals surface area contributed by atoms with Crippen molar-refractivity contribution in [2.24, 2.45) is 5.10 Å². The average molecular weight is 345 g/mol. The molecule has 0 saturated carbocycles. The van der Waals surface area contributed by atoms with E-state index in [1.807, 2.05) is 57.4 Å².